The molecule has 1 amide bonds. The molecule has 0 bridgehead atoms. The monoisotopic (exact) mass is 233 g/mol. The second-order valence-electron chi connectivity index (χ2n) is 4.41. The van der Waals surface area contributed by atoms with Crippen LogP contribution < -0.4 is 10.6 Å². The molecular weight excluding hydrogens is 214 g/mol. The molecule has 1 heterocycles. The van der Waals surface area contributed by atoms with Crippen molar-refractivity contribution in [2.45, 2.75) is 38.6 Å². The van der Waals surface area contributed by atoms with Gasteiger partial charge in [0.1, 0.15) is 5.69 Å². The molecule has 1 fully saturated rings. The summed E-state index contributed by atoms with van der Waals surface area (Å²) in [6.07, 6.45) is 6.30. The zero-order valence-electron chi connectivity index (χ0n) is 10.2. The molecule has 0 aromatic carbocycles. The lowest BCUT2D eigenvalue weighted by molar-refractivity contribution is 0.0933. The van der Waals surface area contributed by atoms with Gasteiger partial charge in [-0.1, -0.05) is 12.8 Å². The Labute approximate surface area is 102 Å². The van der Waals surface area contributed by atoms with Crippen molar-refractivity contribution in [1.29, 1.82) is 0 Å². The van der Waals surface area contributed by atoms with Gasteiger partial charge < -0.3 is 10.6 Å². The maximum atomic E-state index is 12.0. The van der Waals surface area contributed by atoms with E-state index in [1.165, 1.54) is 12.8 Å². The van der Waals surface area contributed by atoms with Crippen molar-refractivity contribution in [1.82, 2.24) is 10.3 Å². The van der Waals surface area contributed by atoms with Crippen molar-refractivity contribution in [2.24, 2.45) is 0 Å². The highest BCUT2D eigenvalue weighted by Crippen LogP contribution is 2.18. The maximum absolute atomic E-state index is 12.0. The second kappa shape index (κ2) is 5.66. The third-order valence-electron chi connectivity index (χ3n) is 3.06. The molecule has 2 rings (SSSR count). The maximum Gasteiger partial charge on any atom is 0.270 e. The van der Waals surface area contributed by atoms with Crippen LogP contribution in [0.25, 0.3) is 0 Å². The van der Waals surface area contributed by atoms with Crippen molar-refractivity contribution < 1.29 is 4.79 Å². The Morgan fingerprint density at radius 1 is 1.47 bits per heavy atom. The van der Waals surface area contributed by atoms with Crippen LogP contribution >= 0.6 is 0 Å². The summed E-state index contributed by atoms with van der Waals surface area (Å²) < 4.78 is 0. The summed E-state index contributed by atoms with van der Waals surface area (Å²) in [6.45, 7) is 2.87. The van der Waals surface area contributed by atoms with Gasteiger partial charge in [0.25, 0.3) is 5.91 Å². The summed E-state index contributed by atoms with van der Waals surface area (Å²) >= 11 is 0. The first-order valence-corrected chi connectivity index (χ1v) is 6.30. The molecule has 1 aliphatic carbocycles. The molecule has 0 radical (unpaired) electrons. The number of nitrogens with one attached hydrogen (secondary N) is 2. The first-order chi connectivity index (χ1) is 8.29. The molecule has 2 N–H and O–H groups in total. The van der Waals surface area contributed by atoms with Crippen molar-refractivity contribution in [3.05, 3.63) is 24.0 Å². The average molecular weight is 233 g/mol. The molecule has 0 aliphatic heterocycles. The molecule has 1 aromatic heterocycles. The Hall–Kier alpha value is -1.58. The standard InChI is InChI=1S/C13H19N3O/c1-2-14-11-7-8-15-12(9-11)13(17)16-10-5-3-4-6-10/h7-10H,2-6H2,1H3,(H,14,15)(H,16,17). The van der Waals surface area contributed by atoms with E-state index in [0.717, 1.165) is 25.1 Å². The predicted octanol–water partition coefficient (Wildman–Crippen LogP) is 2.19. The predicted molar refractivity (Wildman–Crippen MR) is 68.1 cm³/mol. The normalized spacial score (nSPS) is 15.8. The number of hydrogen-bond acceptors (Lipinski definition) is 3. The van der Waals surface area contributed by atoms with Crippen LogP contribution in [0.2, 0.25) is 0 Å². The number of amides is 1. The molecule has 0 atom stereocenters. The molecule has 17 heavy (non-hydrogen) atoms. The number of carbonyl (C=O) groups is 1. The van der Waals surface area contributed by atoms with E-state index < -0.39 is 0 Å². The lowest BCUT2D eigenvalue weighted by Crippen LogP contribution is -2.33. The number of aromatic nitrogens is 1. The fourth-order valence-electron chi connectivity index (χ4n) is 2.20. The van der Waals surface area contributed by atoms with Crippen LogP contribution in [0.4, 0.5) is 5.69 Å². The lowest BCUT2D eigenvalue weighted by atomic mass is 10.2. The molecule has 92 valence electrons. The Kier molecular flexibility index (Phi) is 3.96. The third kappa shape index (κ3) is 3.19. The Bertz CT molecular complexity index is 386. The number of carbonyl (C=O) groups excluding carboxylic acids is 1. The Morgan fingerprint density at radius 3 is 2.94 bits per heavy atom. The van der Waals surface area contributed by atoms with Crippen molar-refractivity contribution in [2.75, 3.05) is 11.9 Å². The van der Waals surface area contributed by atoms with Crippen LogP contribution in [0.5, 0.6) is 0 Å². The minimum absolute atomic E-state index is 0.0587. The summed E-state index contributed by atoms with van der Waals surface area (Å²) in [5.74, 6) is -0.0587. The van der Waals surface area contributed by atoms with Gasteiger partial charge in [-0.05, 0) is 31.9 Å². The molecule has 0 unspecified atom stereocenters. The molecule has 1 aromatic rings. The van der Waals surface area contributed by atoms with Gasteiger partial charge in [0.2, 0.25) is 0 Å². The molecule has 4 heteroatoms. The average Bonchev–Trinajstić information content (AvgIpc) is 2.83. The summed E-state index contributed by atoms with van der Waals surface area (Å²) in [6, 6.07) is 4.01. The number of anilines is 1. The van der Waals surface area contributed by atoms with Crippen LogP contribution in [0, 0.1) is 0 Å². The number of hydrogen-bond donors (Lipinski definition) is 2. The van der Waals surface area contributed by atoms with E-state index in [0.29, 0.717) is 11.7 Å². The Balaban J connectivity index is 1.99. The van der Waals surface area contributed by atoms with E-state index in [4.69, 9.17) is 0 Å². The number of pyridine rings is 1. The van der Waals surface area contributed by atoms with E-state index >= 15 is 0 Å². The van der Waals surface area contributed by atoms with Crippen molar-refractivity contribution in [3.8, 4) is 0 Å². The summed E-state index contributed by atoms with van der Waals surface area (Å²) in [4.78, 5) is 16.1. The van der Waals surface area contributed by atoms with Gasteiger partial charge in [0.15, 0.2) is 0 Å². The molecule has 0 spiro atoms. The topological polar surface area (TPSA) is 54.0 Å². The van der Waals surface area contributed by atoms with Crippen molar-refractivity contribution in [3.63, 3.8) is 0 Å². The van der Waals surface area contributed by atoms with Crippen LogP contribution in [-0.4, -0.2) is 23.5 Å². The first-order valence-electron chi connectivity index (χ1n) is 6.30. The highest BCUT2D eigenvalue weighted by atomic mass is 16.1. The van der Waals surface area contributed by atoms with Crippen LogP contribution in [0.15, 0.2) is 18.3 Å². The SMILES string of the molecule is CCNc1ccnc(C(=O)NC2CCCC2)c1. The molecule has 1 aliphatic rings. The Morgan fingerprint density at radius 2 is 2.24 bits per heavy atom. The van der Waals surface area contributed by atoms with E-state index in [9.17, 15) is 4.79 Å². The molecular formula is C13H19N3O. The van der Waals surface area contributed by atoms with Gasteiger partial charge in [-0.3, -0.25) is 9.78 Å². The summed E-state index contributed by atoms with van der Waals surface area (Å²) in [5.41, 5.74) is 1.44. The van der Waals surface area contributed by atoms with Crippen LogP contribution in [0.1, 0.15) is 43.1 Å². The van der Waals surface area contributed by atoms with Gasteiger partial charge >= 0.3 is 0 Å². The van der Waals surface area contributed by atoms with Gasteiger partial charge in [-0.15, -0.1) is 0 Å². The minimum Gasteiger partial charge on any atom is -0.385 e. The van der Waals surface area contributed by atoms with Gasteiger partial charge in [0.05, 0.1) is 0 Å². The van der Waals surface area contributed by atoms with Crippen LogP contribution in [-0.2, 0) is 0 Å². The summed E-state index contributed by atoms with van der Waals surface area (Å²) in [5, 5.41) is 6.21. The van der Waals surface area contributed by atoms with E-state index in [1.807, 2.05) is 13.0 Å². The highest BCUT2D eigenvalue weighted by Gasteiger charge is 2.18. The van der Waals surface area contributed by atoms with Gasteiger partial charge in [-0.2, -0.15) is 0 Å². The van der Waals surface area contributed by atoms with E-state index in [1.54, 1.807) is 12.3 Å². The molecule has 1 saturated carbocycles. The zero-order valence-corrected chi connectivity index (χ0v) is 10.2. The largest absolute Gasteiger partial charge is 0.385 e. The first kappa shape index (κ1) is 11.9. The zero-order chi connectivity index (χ0) is 12.1. The van der Waals surface area contributed by atoms with Crippen molar-refractivity contribution >= 4 is 11.6 Å². The number of nitrogens with zero attached hydrogens (tertiary/aromatic N) is 1. The van der Waals surface area contributed by atoms with Crippen LogP contribution in [0.3, 0.4) is 0 Å². The minimum atomic E-state index is -0.0587. The van der Waals surface area contributed by atoms with E-state index in [2.05, 4.69) is 15.6 Å². The second-order valence-corrected chi connectivity index (χ2v) is 4.41. The molecule has 0 saturated heterocycles. The van der Waals surface area contributed by atoms with E-state index in [-0.39, 0.29) is 5.91 Å². The quantitative estimate of drug-likeness (QED) is 0.838. The molecule has 4 nitrogen and oxygen atoms in total. The summed E-state index contributed by atoms with van der Waals surface area (Å²) in [7, 11) is 0. The lowest BCUT2D eigenvalue weighted by Gasteiger charge is -2.12. The number of rotatable bonds is 4. The van der Waals surface area contributed by atoms with Gasteiger partial charge in [-0.25, -0.2) is 0 Å². The smallest absolute Gasteiger partial charge is 0.270 e. The van der Waals surface area contributed by atoms with Gasteiger partial charge in [0, 0.05) is 24.5 Å². The third-order valence-corrected chi connectivity index (χ3v) is 3.06. The highest BCUT2D eigenvalue weighted by molar-refractivity contribution is 5.93. The fraction of sp³-hybridized carbons (Fsp3) is 0.538. The fourth-order valence-corrected chi connectivity index (χ4v) is 2.20.